The number of benzene rings is 1. The summed E-state index contributed by atoms with van der Waals surface area (Å²) in [7, 11) is 1.66. The lowest BCUT2D eigenvalue weighted by molar-refractivity contribution is 0.415. The SMILES string of the molecule is CC.CC.CCc1nc(C)c2ccc(OC)cc2n1. The molecule has 0 aliphatic carbocycles. The van der Waals surface area contributed by atoms with Gasteiger partial charge in [0.15, 0.2) is 0 Å². The highest BCUT2D eigenvalue weighted by Gasteiger charge is 2.04. The monoisotopic (exact) mass is 262 g/mol. The number of aryl methyl sites for hydroxylation is 2. The van der Waals surface area contributed by atoms with Gasteiger partial charge >= 0.3 is 0 Å². The van der Waals surface area contributed by atoms with Crippen LogP contribution in [-0.2, 0) is 6.42 Å². The van der Waals surface area contributed by atoms with Gasteiger partial charge in [-0.1, -0.05) is 34.6 Å². The van der Waals surface area contributed by atoms with Crippen molar-refractivity contribution in [3.8, 4) is 5.75 Å². The van der Waals surface area contributed by atoms with Crippen molar-refractivity contribution < 1.29 is 4.74 Å². The quantitative estimate of drug-likeness (QED) is 0.795. The number of hydrogen-bond donors (Lipinski definition) is 0. The van der Waals surface area contributed by atoms with E-state index in [9.17, 15) is 0 Å². The number of hydrogen-bond acceptors (Lipinski definition) is 3. The van der Waals surface area contributed by atoms with Gasteiger partial charge in [-0.25, -0.2) is 9.97 Å². The summed E-state index contributed by atoms with van der Waals surface area (Å²) in [6.45, 7) is 12.1. The molecule has 0 saturated heterocycles. The first-order valence-corrected chi connectivity index (χ1v) is 7.06. The number of ether oxygens (including phenoxy) is 1. The van der Waals surface area contributed by atoms with Gasteiger partial charge in [0.2, 0.25) is 0 Å². The van der Waals surface area contributed by atoms with E-state index in [2.05, 4.69) is 16.9 Å². The Morgan fingerprint density at radius 2 is 1.68 bits per heavy atom. The van der Waals surface area contributed by atoms with Crippen molar-refractivity contribution in [1.82, 2.24) is 9.97 Å². The lowest BCUT2D eigenvalue weighted by atomic mass is 10.2. The third kappa shape index (κ3) is 4.51. The molecule has 2 rings (SSSR count). The third-order valence-electron chi connectivity index (χ3n) is 2.46. The number of methoxy groups -OCH3 is 1. The van der Waals surface area contributed by atoms with Crippen molar-refractivity contribution >= 4 is 10.9 Å². The van der Waals surface area contributed by atoms with Crippen LogP contribution < -0.4 is 4.74 Å². The highest BCUT2D eigenvalue weighted by molar-refractivity contribution is 5.82. The summed E-state index contributed by atoms with van der Waals surface area (Å²) >= 11 is 0. The molecule has 1 aromatic carbocycles. The zero-order valence-corrected chi connectivity index (χ0v) is 13.2. The summed E-state index contributed by atoms with van der Waals surface area (Å²) in [6, 6.07) is 5.89. The van der Waals surface area contributed by atoms with Gasteiger partial charge in [-0.15, -0.1) is 0 Å². The predicted octanol–water partition coefficient (Wildman–Crippen LogP) is 4.56. The predicted molar refractivity (Wildman–Crippen MR) is 82.9 cm³/mol. The van der Waals surface area contributed by atoms with E-state index in [0.717, 1.165) is 34.6 Å². The van der Waals surface area contributed by atoms with Gasteiger partial charge in [0.05, 0.1) is 12.6 Å². The fourth-order valence-corrected chi connectivity index (χ4v) is 1.61. The van der Waals surface area contributed by atoms with E-state index in [1.807, 2.05) is 52.8 Å². The van der Waals surface area contributed by atoms with Crippen LogP contribution in [0.5, 0.6) is 5.75 Å². The fourth-order valence-electron chi connectivity index (χ4n) is 1.61. The topological polar surface area (TPSA) is 35.0 Å². The van der Waals surface area contributed by atoms with Gasteiger partial charge in [-0.2, -0.15) is 0 Å². The molecule has 1 heterocycles. The van der Waals surface area contributed by atoms with E-state index in [-0.39, 0.29) is 0 Å². The lowest BCUT2D eigenvalue weighted by Crippen LogP contribution is -1.97. The molecule has 2 aromatic rings. The van der Waals surface area contributed by atoms with Gasteiger partial charge in [0.25, 0.3) is 0 Å². The number of rotatable bonds is 2. The van der Waals surface area contributed by atoms with E-state index in [1.165, 1.54) is 0 Å². The average Bonchev–Trinajstić information content (AvgIpc) is 2.50. The molecule has 0 saturated carbocycles. The standard InChI is InChI=1S/C12H14N2O.2C2H6/c1-4-12-13-8(2)10-6-5-9(15-3)7-11(10)14-12;2*1-2/h5-7H,4H2,1-3H3;2*1-2H3. The van der Waals surface area contributed by atoms with Gasteiger partial charge in [0.1, 0.15) is 11.6 Å². The molecule has 0 bridgehead atoms. The Hall–Kier alpha value is -1.64. The van der Waals surface area contributed by atoms with Crippen LogP contribution in [0.4, 0.5) is 0 Å². The van der Waals surface area contributed by atoms with Crippen LogP contribution in [0.2, 0.25) is 0 Å². The molecular weight excluding hydrogens is 236 g/mol. The summed E-state index contributed by atoms with van der Waals surface area (Å²) in [5.74, 6) is 1.72. The molecule has 0 aliphatic rings. The van der Waals surface area contributed by atoms with Crippen LogP contribution in [0.25, 0.3) is 10.9 Å². The molecule has 3 heteroatoms. The molecule has 0 spiro atoms. The van der Waals surface area contributed by atoms with E-state index in [1.54, 1.807) is 7.11 Å². The van der Waals surface area contributed by atoms with E-state index in [4.69, 9.17) is 4.74 Å². The molecule has 3 nitrogen and oxygen atoms in total. The molecule has 0 fully saturated rings. The summed E-state index contributed by atoms with van der Waals surface area (Å²) in [5, 5.41) is 1.09. The zero-order chi connectivity index (χ0) is 14.8. The van der Waals surface area contributed by atoms with Crippen LogP contribution in [-0.4, -0.2) is 17.1 Å². The maximum atomic E-state index is 5.18. The molecule has 0 radical (unpaired) electrons. The molecule has 0 unspecified atom stereocenters. The Labute approximate surface area is 117 Å². The van der Waals surface area contributed by atoms with Crippen LogP contribution in [0.1, 0.15) is 46.1 Å². The molecule has 0 atom stereocenters. The minimum absolute atomic E-state index is 0.836. The van der Waals surface area contributed by atoms with Gasteiger partial charge < -0.3 is 4.74 Å². The maximum Gasteiger partial charge on any atom is 0.129 e. The molecule has 0 aliphatic heterocycles. The molecule has 19 heavy (non-hydrogen) atoms. The molecule has 0 amide bonds. The number of fused-ring (bicyclic) bond motifs is 1. The molecule has 1 aromatic heterocycles. The summed E-state index contributed by atoms with van der Waals surface area (Å²) < 4.78 is 5.18. The van der Waals surface area contributed by atoms with Gasteiger partial charge in [-0.05, 0) is 19.1 Å². The normalized spacial score (nSPS) is 9.00. The second kappa shape index (κ2) is 9.31. The molecule has 106 valence electrons. The number of nitrogens with zero attached hydrogens (tertiary/aromatic N) is 2. The summed E-state index contributed by atoms with van der Waals surface area (Å²) in [6.07, 6.45) is 0.855. The highest BCUT2D eigenvalue weighted by Crippen LogP contribution is 2.21. The first-order chi connectivity index (χ1) is 9.24. The van der Waals surface area contributed by atoms with Gasteiger partial charge in [0, 0.05) is 23.6 Å². The van der Waals surface area contributed by atoms with Crippen LogP contribution in [0.3, 0.4) is 0 Å². The van der Waals surface area contributed by atoms with Crippen molar-refractivity contribution in [2.45, 2.75) is 48.0 Å². The molecular formula is C16H26N2O. The minimum atomic E-state index is 0.836. The average molecular weight is 262 g/mol. The second-order valence-corrected chi connectivity index (χ2v) is 3.46. The van der Waals surface area contributed by atoms with Crippen LogP contribution in [0, 0.1) is 6.92 Å². The Kier molecular flexibility index (Phi) is 8.51. The minimum Gasteiger partial charge on any atom is -0.497 e. The Balaban J connectivity index is 0.000000741. The summed E-state index contributed by atoms with van der Waals surface area (Å²) in [4.78, 5) is 8.90. The van der Waals surface area contributed by atoms with Crippen molar-refractivity contribution in [3.63, 3.8) is 0 Å². The van der Waals surface area contributed by atoms with Crippen molar-refractivity contribution in [3.05, 3.63) is 29.7 Å². The highest BCUT2D eigenvalue weighted by atomic mass is 16.5. The van der Waals surface area contributed by atoms with Gasteiger partial charge in [-0.3, -0.25) is 0 Å². The molecule has 0 N–H and O–H groups in total. The van der Waals surface area contributed by atoms with E-state index < -0.39 is 0 Å². The Morgan fingerprint density at radius 1 is 1.05 bits per heavy atom. The first-order valence-electron chi connectivity index (χ1n) is 7.06. The fraction of sp³-hybridized carbons (Fsp3) is 0.500. The first kappa shape index (κ1) is 17.4. The van der Waals surface area contributed by atoms with Crippen molar-refractivity contribution in [2.75, 3.05) is 7.11 Å². The van der Waals surface area contributed by atoms with E-state index in [0.29, 0.717) is 0 Å². The second-order valence-electron chi connectivity index (χ2n) is 3.46. The zero-order valence-electron chi connectivity index (χ0n) is 13.2. The third-order valence-corrected chi connectivity index (χ3v) is 2.46. The van der Waals surface area contributed by atoms with Crippen LogP contribution >= 0.6 is 0 Å². The van der Waals surface area contributed by atoms with Crippen molar-refractivity contribution in [2.24, 2.45) is 0 Å². The Morgan fingerprint density at radius 3 is 2.21 bits per heavy atom. The smallest absolute Gasteiger partial charge is 0.129 e. The number of aromatic nitrogens is 2. The lowest BCUT2D eigenvalue weighted by Gasteiger charge is -2.05. The Bertz CT molecular complexity index is 490. The van der Waals surface area contributed by atoms with Crippen LogP contribution in [0.15, 0.2) is 18.2 Å². The summed E-state index contributed by atoms with van der Waals surface area (Å²) in [5.41, 5.74) is 1.98. The largest absolute Gasteiger partial charge is 0.497 e. The van der Waals surface area contributed by atoms with E-state index >= 15 is 0 Å². The van der Waals surface area contributed by atoms with Crippen molar-refractivity contribution in [1.29, 1.82) is 0 Å². The maximum absolute atomic E-state index is 5.18.